The molecule has 0 saturated heterocycles. The maximum atomic E-state index is 12.9. The van der Waals surface area contributed by atoms with E-state index < -0.39 is 0 Å². The van der Waals surface area contributed by atoms with Gasteiger partial charge in [-0.15, -0.1) is 22.9 Å². The van der Waals surface area contributed by atoms with Gasteiger partial charge < -0.3 is 0 Å². The van der Waals surface area contributed by atoms with Crippen molar-refractivity contribution in [2.24, 2.45) is 0 Å². The topological polar surface area (TPSA) is 0 Å². The normalized spacial score (nSPS) is 11.0. The lowest BCUT2D eigenvalue weighted by atomic mass is 10.1. The molecule has 1 aromatic heterocycles. The molecule has 0 aliphatic heterocycles. The quantitative estimate of drug-likeness (QED) is 0.641. The Morgan fingerprint density at radius 1 is 1.38 bits per heavy atom. The molecule has 2 aromatic rings. The zero-order chi connectivity index (χ0) is 9.42. The van der Waals surface area contributed by atoms with Gasteiger partial charge >= 0.3 is 0 Å². The summed E-state index contributed by atoms with van der Waals surface area (Å²) in [6.45, 7) is 0. The lowest BCUT2D eigenvalue weighted by molar-refractivity contribution is 0.658. The molecule has 1 heterocycles. The molecule has 0 N–H and O–H groups in total. The molecular weight excluding hydrogens is 230 g/mol. The predicted octanol–water partition coefficient (Wildman–Crippen LogP) is 4.43. The van der Waals surface area contributed by atoms with Crippen LogP contribution in [-0.4, -0.2) is 0 Å². The third-order valence-electron chi connectivity index (χ3n) is 1.86. The number of alkyl halides is 1. The first-order valence-electron chi connectivity index (χ1n) is 3.65. The Bertz CT molecular complexity index is 450. The summed E-state index contributed by atoms with van der Waals surface area (Å²) in [5.74, 6) is 0.312. The Labute approximate surface area is 88.9 Å². The van der Waals surface area contributed by atoms with Gasteiger partial charge in [-0.05, 0) is 23.8 Å². The number of halogens is 3. The van der Waals surface area contributed by atoms with E-state index in [4.69, 9.17) is 23.2 Å². The van der Waals surface area contributed by atoms with Gasteiger partial charge in [0.25, 0.3) is 0 Å². The van der Waals surface area contributed by atoms with E-state index in [-0.39, 0.29) is 5.13 Å². The summed E-state index contributed by atoms with van der Waals surface area (Å²) in [5, 5.41) is 1.22. The SMILES string of the molecule is Fc1cc2c(CCl)c(Cl)ccc2s1. The minimum absolute atomic E-state index is 0.205. The van der Waals surface area contributed by atoms with Gasteiger partial charge in [0.05, 0.1) is 0 Å². The lowest BCUT2D eigenvalue weighted by Gasteiger charge is -2.00. The minimum Gasteiger partial charge on any atom is -0.195 e. The Morgan fingerprint density at radius 2 is 2.15 bits per heavy atom. The number of thiophene rings is 1. The number of hydrogen-bond acceptors (Lipinski definition) is 1. The van der Waals surface area contributed by atoms with Crippen LogP contribution in [-0.2, 0) is 5.88 Å². The number of hydrogen-bond donors (Lipinski definition) is 0. The molecule has 0 amide bonds. The second kappa shape index (κ2) is 3.45. The van der Waals surface area contributed by atoms with Crippen LogP contribution in [0.15, 0.2) is 18.2 Å². The smallest absolute Gasteiger partial charge is 0.177 e. The molecule has 0 nitrogen and oxygen atoms in total. The van der Waals surface area contributed by atoms with Crippen LogP contribution >= 0.6 is 34.5 Å². The zero-order valence-electron chi connectivity index (χ0n) is 6.48. The van der Waals surface area contributed by atoms with Crippen molar-refractivity contribution in [2.75, 3.05) is 0 Å². The van der Waals surface area contributed by atoms with Crippen molar-refractivity contribution in [3.8, 4) is 0 Å². The van der Waals surface area contributed by atoms with Gasteiger partial charge in [-0.3, -0.25) is 0 Å². The van der Waals surface area contributed by atoms with Gasteiger partial charge in [0.1, 0.15) is 0 Å². The van der Waals surface area contributed by atoms with E-state index in [0.717, 1.165) is 27.0 Å². The van der Waals surface area contributed by atoms with Crippen molar-refractivity contribution in [1.82, 2.24) is 0 Å². The fourth-order valence-electron chi connectivity index (χ4n) is 1.25. The van der Waals surface area contributed by atoms with Crippen LogP contribution in [0.2, 0.25) is 5.02 Å². The summed E-state index contributed by atoms with van der Waals surface area (Å²) in [5.41, 5.74) is 0.806. The molecule has 68 valence electrons. The van der Waals surface area contributed by atoms with Crippen LogP contribution in [0.4, 0.5) is 4.39 Å². The highest BCUT2D eigenvalue weighted by Gasteiger charge is 2.08. The predicted molar refractivity (Wildman–Crippen MR) is 56.4 cm³/mol. The van der Waals surface area contributed by atoms with Crippen LogP contribution in [0.25, 0.3) is 10.1 Å². The zero-order valence-corrected chi connectivity index (χ0v) is 8.81. The van der Waals surface area contributed by atoms with Gasteiger partial charge in [0.2, 0.25) is 0 Å². The first kappa shape index (κ1) is 9.25. The largest absolute Gasteiger partial charge is 0.195 e. The summed E-state index contributed by atoms with van der Waals surface area (Å²) in [6, 6.07) is 5.03. The van der Waals surface area contributed by atoms with E-state index in [9.17, 15) is 4.39 Å². The molecule has 0 radical (unpaired) electrons. The highest BCUT2D eigenvalue weighted by atomic mass is 35.5. The van der Waals surface area contributed by atoms with E-state index in [0.29, 0.717) is 10.9 Å². The molecule has 0 aliphatic rings. The number of benzene rings is 1. The average molecular weight is 235 g/mol. The van der Waals surface area contributed by atoms with E-state index in [2.05, 4.69) is 0 Å². The summed E-state index contributed by atoms with van der Waals surface area (Å²) in [7, 11) is 0. The summed E-state index contributed by atoms with van der Waals surface area (Å²) in [4.78, 5) is 0. The fourth-order valence-corrected chi connectivity index (χ4v) is 2.65. The molecule has 2 rings (SSSR count). The third kappa shape index (κ3) is 1.54. The molecule has 1 aromatic carbocycles. The van der Waals surface area contributed by atoms with Crippen molar-refractivity contribution >= 4 is 44.6 Å². The van der Waals surface area contributed by atoms with Crippen LogP contribution in [0.5, 0.6) is 0 Å². The van der Waals surface area contributed by atoms with Crippen molar-refractivity contribution in [3.05, 3.63) is 33.9 Å². The molecule has 0 aliphatic carbocycles. The second-order valence-corrected chi connectivity index (χ2v) is 4.33. The molecule has 0 fully saturated rings. The maximum Gasteiger partial charge on any atom is 0.177 e. The van der Waals surface area contributed by atoms with Gasteiger partial charge in [0.15, 0.2) is 5.13 Å². The molecule has 13 heavy (non-hydrogen) atoms. The van der Waals surface area contributed by atoms with Crippen molar-refractivity contribution < 1.29 is 4.39 Å². The molecule has 0 bridgehead atoms. The lowest BCUT2D eigenvalue weighted by Crippen LogP contribution is -1.79. The minimum atomic E-state index is -0.205. The van der Waals surface area contributed by atoms with Crippen LogP contribution in [0.1, 0.15) is 5.56 Å². The van der Waals surface area contributed by atoms with E-state index >= 15 is 0 Å². The highest BCUT2D eigenvalue weighted by Crippen LogP contribution is 2.32. The summed E-state index contributed by atoms with van der Waals surface area (Å²) < 4.78 is 13.8. The highest BCUT2D eigenvalue weighted by molar-refractivity contribution is 7.17. The van der Waals surface area contributed by atoms with Crippen molar-refractivity contribution in [3.63, 3.8) is 0 Å². The Balaban J connectivity index is 2.82. The van der Waals surface area contributed by atoms with E-state index in [1.165, 1.54) is 6.07 Å². The summed E-state index contributed by atoms with van der Waals surface area (Å²) in [6.07, 6.45) is 0. The summed E-state index contributed by atoms with van der Waals surface area (Å²) >= 11 is 12.7. The average Bonchev–Trinajstić information content (AvgIpc) is 2.45. The Morgan fingerprint density at radius 3 is 2.85 bits per heavy atom. The standard InChI is InChI=1S/C9H5Cl2FS/c10-4-6-5-3-9(12)13-8(5)2-1-7(6)11/h1-3H,4H2. The van der Waals surface area contributed by atoms with Crippen LogP contribution < -0.4 is 0 Å². The monoisotopic (exact) mass is 234 g/mol. The van der Waals surface area contributed by atoms with Crippen molar-refractivity contribution in [2.45, 2.75) is 5.88 Å². The molecular formula is C9H5Cl2FS. The number of rotatable bonds is 1. The Kier molecular flexibility index (Phi) is 2.45. The van der Waals surface area contributed by atoms with Crippen LogP contribution in [0, 0.1) is 5.13 Å². The molecule has 4 heteroatoms. The molecule has 0 spiro atoms. The second-order valence-electron chi connectivity index (χ2n) is 2.62. The van der Waals surface area contributed by atoms with E-state index in [1.807, 2.05) is 6.07 Å². The van der Waals surface area contributed by atoms with E-state index in [1.54, 1.807) is 6.07 Å². The first-order valence-corrected chi connectivity index (χ1v) is 5.37. The van der Waals surface area contributed by atoms with Crippen LogP contribution in [0.3, 0.4) is 0 Å². The Hall–Kier alpha value is -0.310. The maximum absolute atomic E-state index is 12.9. The first-order chi connectivity index (χ1) is 6.22. The third-order valence-corrected chi connectivity index (χ3v) is 3.37. The fraction of sp³-hybridized carbons (Fsp3) is 0.111. The van der Waals surface area contributed by atoms with Gasteiger partial charge in [-0.1, -0.05) is 11.6 Å². The molecule has 0 atom stereocenters. The van der Waals surface area contributed by atoms with Gasteiger partial charge in [-0.25, -0.2) is 0 Å². The number of fused-ring (bicyclic) bond motifs is 1. The van der Waals surface area contributed by atoms with Gasteiger partial charge in [-0.2, -0.15) is 4.39 Å². The van der Waals surface area contributed by atoms with Crippen molar-refractivity contribution in [1.29, 1.82) is 0 Å². The van der Waals surface area contributed by atoms with Gasteiger partial charge in [0, 0.05) is 21.0 Å². The molecule has 0 saturated carbocycles. The molecule has 0 unspecified atom stereocenters.